The van der Waals surface area contributed by atoms with Crippen LogP contribution in [0.2, 0.25) is 0 Å². The summed E-state index contributed by atoms with van der Waals surface area (Å²) < 4.78 is 40.7. The molecule has 0 spiro atoms. The Labute approximate surface area is 192 Å². The highest BCUT2D eigenvalue weighted by Crippen LogP contribution is 2.39. The highest BCUT2D eigenvalue weighted by atomic mass is 79.9. The van der Waals surface area contributed by atoms with Gasteiger partial charge in [0.15, 0.2) is 0 Å². The molecule has 1 atom stereocenters. The summed E-state index contributed by atoms with van der Waals surface area (Å²) in [4.78, 5) is 12.9. The number of carbonyl (C=O) groups excluding carboxylic acids is 1. The Morgan fingerprint density at radius 3 is 2.42 bits per heavy atom. The first-order valence-corrected chi connectivity index (χ1v) is 12.9. The van der Waals surface area contributed by atoms with Crippen molar-refractivity contribution in [3.05, 3.63) is 69.9 Å². The molecule has 2 aromatic carbocycles. The second-order valence-corrected chi connectivity index (χ2v) is 10.9. The number of rotatable bonds is 7. The Hall–Kier alpha value is -1.77. The molecule has 0 unspecified atom stereocenters. The van der Waals surface area contributed by atoms with Crippen LogP contribution in [0.15, 0.2) is 53.0 Å². The molecule has 0 aromatic heterocycles. The highest BCUT2D eigenvalue weighted by molar-refractivity contribution is 9.10. The van der Waals surface area contributed by atoms with Gasteiger partial charge in [-0.05, 0) is 59.8 Å². The normalized spacial score (nSPS) is 17.8. The lowest BCUT2D eigenvalue weighted by molar-refractivity contribution is 0.0894. The Kier molecular flexibility index (Phi) is 7.55. The predicted octanol–water partition coefficient (Wildman–Crippen LogP) is 4.48. The maximum absolute atomic E-state index is 13.9. The molecule has 168 valence electrons. The number of hydrogen-bond donors (Lipinski definition) is 1. The first-order valence-electron chi connectivity index (χ1n) is 10.5. The van der Waals surface area contributed by atoms with Crippen LogP contribution in [0.4, 0.5) is 4.39 Å². The molecule has 1 fully saturated rings. The molecule has 1 aliphatic rings. The van der Waals surface area contributed by atoms with E-state index in [-0.39, 0.29) is 27.7 Å². The van der Waals surface area contributed by atoms with Crippen molar-refractivity contribution in [2.45, 2.75) is 44.6 Å². The smallest absolute Gasteiger partial charge is 0.252 e. The molecule has 31 heavy (non-hydrogen) atoms. The minimum atomic E-state index is -3.27. The zero-order chi connectivity index (χ0) is 22.6. The van der Waals surface area contributed by atoms with Crippen LogP contribution in [0.25, 0.3) is 0 Å². The molecule has 1 saturated heterocycles. The maximum Gasteiger partial charge on any atom is 0.252 e. The van der Waals surface area contributed by atoms with E-state index in [1.165, 1.54) is 12.1 Å². The van der Waals surface area contributed by atoms with Crippen LogP contribution in [-0.4, -0.2) is 43.5 Å². The molecule has 0 bridgehead atoms. The number of amides is 1. The van der Waals surface area contributed by atoms with Gasteiger partial charge in [0.2, 0.25) is 10.0 Å². The van der Waals surface area contributed by atoms with Gasteiger partial charge in [0.1, 0.15) is 5.82 Å². The molecule has 8 heteroatoms. The van der Waals surface area contributed by atoms with E-state index in [0.717, 1.165) is 5.56 Å². The highest BCUT2D eigenvalue weighted by Gasteiger charge is 2.43. The first-order chi connectivity index (χ1) is 14.7. The van der Waals surface area contributed by atoms with E-state index in [1.807, 2.05) is 44.2 Å². The number of halogens is 2. The van der Waals surface area contributed by atoms with E-state index in [9.17, 15) is 17.6 Å². The lowest BCUT2D eigenvalue weighted by Gasteiger charge is -2.45. The maximum atomic E-state index is 13.9. The third-order valence-electron chi connectivity index (χ3n) is 6.19. The van der Waals surface area contributed by atoms with Gasteiger partial charge in [-0.25, -0.2) is 17.1 Å². The van der Waals surface area contributed by atoms with Crippen molar-refractivity contribution >= 4 is 31.9 Å². The summed E-state index contributed by atoms with van der Waals surface area (Å²) in [6.07, 6.45) is 1.76. The van der Waals surface area contributed by atoms with Crippen molar-refractivity contribution < 1.29 is 17.6 Å². The number of hydrogen-bond acceptors (Lipinski definition) is 3. The first kappa shape index (κ1) is 23.9. The Morgan fingerprint density at radius 2 is 1.81 bits per heavy atom. The molecule has 1 N–H and O–H groups in total. The average Bonchev–Trinajstić information content (AvgIpc) is 2.76. The van der Waals surface area contributed by atoms with Crippen LogP contribution in [0.3, 0.4) is 0 Å². The van der Waals surface area contributed by atoms with Gasteiger partial charge in [-0.1, -0.05) is 43.3 Å². The lowest BCUT2D eigenvalue weighted by atomic mass is 9.68. The van der Waals surface area contributed by atoms with Crippen molar-refractivity contribution in [3.8, 4) is 0 Å². The number of nitrogens with zero attached hydrogens (tertiary/aromatic N) is 1. The van der Waals surface area contributed by atoms with Crippen LogP contribution in [-0.2, 0) is 15.4 Å². The van der Waals surface area contributed by atoms with E-state index in [4.69, 9.17) is 0 Å². The van der Waals surface area contributed by atoms with E-state index < -0.39 is 21.3 Å². The number of nitrogens with one attached hydrogen (secondary N) is 1. The number of carbonyl (C=O) groups is 1. The molecule has 1 aliphatic heterocycles. The molecule has 0 radical (unpaired) electrons. The van der Waals surface area contributed by atoms with E-state index in [2.05, 4.69) is 21.2 Å². The molecule has 5 nitrogen and oxygen atoms in total. The van der Waals surface area contributed by atoms with Gasteiger partial charge in [-0.3, -0.25) is 4.79 Å². The predicted molar refractivity (Wildman–Crippen MR) is 124 cm³/mol. The summed E-state index contributed by atoms with van der Waals surface area (Å²) in [6, 6.07) is 14.0. The molecule has 0 saturated carbocycles. The van der Waals surface area contributed by atoms with Gasteiger partial charge >= 0.3 is 0 Å². The quantitative estimate of drug-likeness (QED) is 0.596. The molecule has 2 aromatic rings. The monoisotopic (exact) mass is 510 g/mol. The summed E-state index contributed by atoms with van der Waals surface area (Å²) in [5.74, 6) is -0.715. The van der Waals surface area contributed by atoms with Crippen molar-refractivity contribution in [3.63, 3.8) is 0 Å². The van der Waals surface area contributed by atoms with Crippen LogP contribution >= 0.6 is 15.9 Å². The molecule has 3 rings (SSSR count). The molecule has 1 amide bonds. The van der Waals surface area contributed by atoms with Crippen LogP contribution in [0, 0.1) is 5.82 Å². The van der Waals surface area contributed by atoms with Gasteiger partial charge in [0.05, 0.1) is 15.8 Å². The summed E-state index contributed by atoms with van der Waals surface area (Å²) in [7, 11) is -3.27. The van der Waals surface area contributed by atoms with Crippen molar-refractivity contribution in [2.24, 2.45) is 0 Å². The fourth-order valence-electron chi connectivity index (χ4n) is 4.38. The minimum absolute atomic E-state index is 0.133. The van der Waals surface area contributed by atoms with Crippen molar-refractivity contribution in [2.75, 3.05) is 18.8 Å². The molecule has 0 aliphatic carbocycles. The summed E-state index contributed by atoms with van der Waals surface area (Å²) in [5, 5.41) is 3.05. The van der Waals surface area contributed by atoms with Gasteiger partial charge in [0.25, 0.3) is 5.91 Å². The SMILES string of the molecule is CCCS(=O)(=O)N1CCC(c2ccccc2)([C@H](C)NC(=O)c2cccc(F)c2Br)CC1. The summed E-state index contributed by atoms with van der Waals surface area (Å²) in [5.41, 5.74) is 0.876. The fraction of sp³-hybridized carbons (Fsp3) is 0.435. The van der Waals surface area contributed by atoms with Crippen LogP contribution in [0.5, 0.6) is 0 Å². The zero-order valence-electron chi connectivity index (χ0n) is 17.8. The number of sulfonamides is 1. The zero-order valence-corrected chi connectivity index (χ0v) is 20.2. The number of benzene rings is 2. The second-order valence-electron chi connectivity index (χ2n) is 8.03. The topological polar surface area (TPSA) is 66.5 Å². The van der Waals surface area contributed by atoms with Crippen LogP contribution < -0.4 is 5.32 Å². The van der Waals surface area contributed by atoms with E-state index in [1.54, 1.807) is 10.4 Å². The second kappa shape index (κ2) is 9.79. The molecular weight excluding hydrogens is 483 g/mol. The third-order valence-corrected chi connectivity index (χ3v) is 9.07. The summed E-state index contributed by atoms with van der Waals surface area (Å²) >= 11 is 3.16. The largest absolute Gasteiger partial charge is 0.349 e. The van der Waals surface area contributed by atoms with Gasteiger partial charge in [-0.15, -0.1) is 0 Å². The third kappa shape index (κ3) is 5.02. The molecular formula is C23H28BrFN2O3S. The van der Waals surface area contributed by atoms with E-state index >= 15 is 0 Å². The standard InChI is InChI=1S/C23H28BrFN2O3S/c1-3-16-31(29,30)27-14-12-23(13-15-27,18-8-5-4-6-9-18)17(2)26-22(28)19-10-7-11-20(25)21(19)24/h4-11,17H,3,12-16H2,1-2H3,(H,26,28)/t17-/m0/s1. The van der Waals surface area contributed by atoms with Crippen molar-refractivity contribution in [1.29, 1.82) is 0 Å². The lowest BCUT2D eigenvalue weighted by Crippen LogP contribution is -2.55. The van der Waals surface area contributed by atoms with Gasteiger partial charge in [0, 0.05) is 24.5 Å². The fourth-order valence-corrected chi connectivity index (χ4v) is 6.34. The average molecular weight is 511 g/mol. The molecule has 1 heterocycles. The minimum Gasteiger partial charge on any atom is -0.349 e. The summed E-state index contributed by atoms with van der Waals surface area (Å²) in [6.45, 7) is 4.61. The van der Waals surface area contributed by atoms with Crippen LogP contribution in [0.1, 0.15) is 49.0 Å². The Balaban J connectivity index is 1.87. The Morgan fingerprint density at radius 1 is 1.16 bits per heavy atom. The van der Waals surface area contributed by atoms with E-state index in [0.29, 0.717) is 32.4 Å². The van der Waals surface area contributed by atoms with Gasteiger partial charge < -0.3 is 5.32 Å². The van der Waals surface area contributed by atoms with Gasteiger partial charge in [-0.2, -0.15) is 0 Å². The Bertz CT molecular complexity index is 1020. The number of piperidine rings is 1. The van der Waals surface area contributed by atoms with Crippen molar-refractivity contribution in [1.82, 2.24) is 9.62 Å².